The highest BCUT2D eigenvalue weighted by Crippen LogP contribution is 2.20. The normalized spacial score (nSPS) is 10.9. The first-order valence-corrected chi connectivity index (χ1v) is 6.45. The molecule has 2 aromatic heterocycles. The molecule has 2 N–H and O–H groups in total. The number of aromatic amines is 1. The van der Waals surface area contributed by atoms with Gasteiger partial charge in [-0.2, -0.15) is 0 Å². The third kappa shape index (κ3) is 2.97. The maximum Gasteiger partial charge on any atom is 0.0220 e. The molecule has 2 nitrogen and oxygen atoms in total. The highest BCUT2D eigenvalue weighted by Gasteiger charge is 2.02. The van der Waals surface area contributed by atoms with Crippen molar-refractivity contribution in [2.75, 3.05) is 6.54 Å². The Kier molecular flexibility index (Phi) is 3.80. The lowest BCUT2D eigenvalue weighted by Gasteiger charge is -2.02. The van der Waals surface area contributed by atoms with E-state index in [1.165, 1.54) is 20.9 Å². The predicted molar refractivity (Wildman–Crippen MR) is 70.0 cm³/mol. The first-order valence-electron chi connectivity index (χ1n) is 5.64. The van der Waals surface area contributed by atoms with Crippen LogP contribution in [0.2, 0.25) is 0 Å². The molecule has 16 heavy (non-hydrogen) atoms. The van der Waals surface area contributed by atoms with Crippen molar-refractivity contribution < 1.29 is 0 Å². The molecule has 0 aliphatic carbocycles. The molecule has 2 aromatic rings. The van der Waals surface area contributed by atoms with Gasteiger partial charge in [-0.25, -0.2) is 0 Å². The molecular formula is C13H18N2S. The number of hydrogen-bond donors (Lipinski definition) is 2. The molecular weight excluding hydrogens is 216 g/mol. The zero-order valence-corrected chi connectivity index (χ0v) is 10.7. The molecule has 0 bridgehead atoms. The fourth-order valence-electron chi connectivity index (χ4n) is 1.86. The summed E-state index contributed by atoms with van der Waals surface area (Å²) >= 11 is 1.89. The lowest BCUT2D eigenvalue weighted by Crippen LogP contribution is -2.16. The Bertz CT molecular complexity index is 429. The lowest BCUT2D eigenvalue weighted by atomic mass is 10.2. The van der Waals surface area contributed by atoms with Crippen LogP contribution in [0.3, 0.4) is 0 Å². The van der Waals surface area contributed by atoms with E-state index in [1.807, 2.05) is 23.7 Å². The van der Waals surface area contributed by atoms with Gasteiger partial charge in [-0.3, -0.25) is 0 Å². The number of thiophene rings is 1. The summed E-state index contributed by atoms with van der Waals surface area (Å²) in [6, 6.07) is 4.41. The molecule has 0 fully saturated rings. The zero-order valence-electron chi connectivity index (χ0n) is 9.84. The quantitative estimate of drug-likeness (QED) is 0.765. The largest absolute Gasteiger partial charge is 0.367 e. The molecule has 0 atom stereocenters. The van der Waals surface area contributed by atoms with E-state index in [4.69, 9.17) is 0 Å². The van der Waals surface area contributed by atoms with Crippen molar-refractivity contribution in [1.82, 2.24) is 10.3 Å². The molecule has 86 valence electrons. The van der Waals surface area contributed by atoms with Crippen LogP contribution in [-0.4, -0.2) is 11.5 Å². The molecule has 0 unspecified atom stereocenters. The van der Waals surface area contributed by atoms with E-state index in [2.05, 4.69) is 36.3 Å². The second kappa shape index (κ2) is 5.32. The highest BCUT2D eigenvalue weighted by molar-refractivity contribution is 7.12. The number of hydrogen-bond acceptors (Lipinski definition) is 2. The van der Waals surface area contributed by atoms with E-state index in [0.29, 0.717) is 0 Å². The summed E-state index contributed by atoms with van der Waals surface area (Å²) in [6.07, 6.45) is 5.12. The summed E-state index contributed by atoms with van der Waals surface area (Å²) in [6.45, 7) is 6.38. The van der Waals surface area contributed by atoms with Gasteiger partial charge in [-0.15, -0.1) is 11.3 Å². The summed E-state index contributed by atoms with van der Waals surface area (Å²) in [5, 5.41) is 3.46. The minimum absolute atomic E-state index is 0.950. The Morgan fingerprint density at radius 1 is 1.38 bits per heavy atom. The Morgan fingerprint density at radius 2 is 2.25 bits per heavy atom. The van der Waals surface area contributed by atoms with Crippen LogP contribution in [0.1, 0.15) is 20.9 Å². The fraction of sp³-hybridized carbons (Fsp3) is 0.385. The summed E-state index contributed by atoms with van der Waals surface area (Å²) in [4.78, 5) is 5.94. The van der Waals surface area contributed by atoms with Crippen LogP contribution in [0.4, 0.5) is 0 Å². The summed E-state index contributed by atoms with van der Waals surface area (Å²) in [5.41, 5.74) is 2.81. The Morgan fingerprint density at radius 3 is 2.88 bits per heavy atom. The minimum Gasteiger partial charge on any atom is -0.367 e. The number of aromatic nitrogens is 1. The van der Waals surface area contributed by atoms with E-state index in [-0.39, 0.29) is 0 Å². The van der Waals surface area contributed by atoms with Gasteiger partial charge in [0.15, 0.2) is 0 Å². The Hall–Kier alpha value is -1.06. The molecule has 2 heterocycles. The van der Waals surface area contributed by atoms with Crippen molar-refractivity contribution in [3.63, 3.8) is 0 Å². The number of nitrogens with one attached hydrogen (secondary N) is 2. The Balaban J connectivity index is 1.74. The predicted octanol–water partition coefficient (Wildman–Crippen LogP) is 3.03. The molecule has 0 saturated heterocycles. The van der Waals surface area contributed by atoms with Gasteiger partial charge in [0, 0.05) is 28.7 Å². The average Bonchev–Trinajstić information content (AvgIpc) is 2.84. The van der Waals surface area contributed by atoms with Gasteiger partial charge in [-0.05, 0) is 50.1 Å². The number of rotatable bonds is 5. The first kappa shape index (κ1) is 11.4. The molecule has 0 aliphatic rings. The number of aryl methyl sites for hydroxylation is 2. The van der Waals surface area contributed by atoms with E-state index in [0.717, 1.165) is 19.5 Å². The van der Waals surface area contributed by atoms with Crippen molar-refractivity contribution in [3.05, 3.63) is 45.4 Å². The molecule has 2 rings (SSSR count). The van der Waals surface area contributed by atoms with E-state index < -0.39 is 0 Å². The van der Waals surface area contributed by atoms with Crippen molar-refractivity contribution in [2.45, 2.75) is 26.8 Å². The van der Waals surface area contributed by atoms with Crippen molar-refractivity contribution in [1.29, 1.82) is 0 Å². The lowest BCUT2D eigenvalue weighted by molar-refractivity contribution is 0.687. The second-order valence-electron chi connectivity index (χ2n) is 4.08. The van der Waals surface area contributed by atoms with Crippen LogP contribution in [0.25, 0.3) is 0 Å². The van der Waals surface area contributed by atoms with Gasteiger partial charge in [0.05, 0.1) is 0 Å². The van der Waals surface area contributed by atoms with Crippen LogP contribution >= 0.6 is 11.3 Å². The Labute approximate surface area is 101 Å². The smallest absolute Gasteiger partial charge is 0.0220 e. The van der Waals surface area contributed by atoms with Crippen LogP contribution in [0, 0.1) is 13.8 Å². The third-order valence-electron chi connectivity index (χ3n) is 2.71. The standard InChI is InChI=1S/C13H18N2S/c1-10-7-13(11(2)16-10)4-6-15-9-12-3-5-14-8-12/h3,5,7-8,14-15H,4,6,9H2,1-2H3. The SMILES string of the molecule is Cc1cc(CCNCc2cc[nH]c2)c(C)s1. The molecule has 0 aliphatic heterocycles. The molecule has 0 radical (unpaired) electrons. The van der Waals surface area contributed by atoms with Gasteiger partial charge >= 0.3 is 0 Å². The molecule has 0 saturated carbocycles. The van der Waals surface area contributed by atoms with Gasteiger partial charge in [0.25, 0.3) is 0 Å². The van der Waals surface area contributed by atoms with E-state index in [1.54, 1.807) is 0 Å². The van der Waals surface area contributed by atoms with Gasteiger partial charge in [0.1, 0.15) is 0 Å². The molecule has 0 amide bonds. The van der Waals surface area contributed by atoms with Crippen molar-refractivity contribution >= 4 is 11.3 Å². The van der Waals surface area contributed by atoms with Crippen molar-refractivity contribution in [3.8, 4) is 0 Å². The monoisotopic (exact) mass is 234 g/mol. The van der Waals surface area contributed by atoms with Crippen LogP contribution in [-0.2, 0) is 13.0 Å². The zero-order chi connectivity index (χ0) is 11.4. The second-order valence-corrected chi connectivity index (χ2v) is 5.54. The van der Waals surface area contributed by atoms with Gasteiger partial charge < -0.3 is 10.3 Å². The van der Waals surface area contributed by atoms with Gasteiger partial charge in [-0.1, -0.05) is 0 Å². The van der Waals surface area contributed by atoms with Gasteiger partial charge in [0.2, 0.25) is 0 Å². The topological polar surface area (TPSA) is 27.8 Å². The highest BCUT2D eigenvalue weighted by atomic mass is 32.1. The number of H-pyrrole nitrogens is 1. The molecule has 0 aromatic carbocycles. The molecule has 3 heteroatoms. The summed E-state index contributed by atoms with van der Waals surface area (Å²) in [7, 11) is 0. The first-order chi connectivity index (χ1) is 7.75. The average molecular weight is 234 g/mol. The molecule has 0 spiro atoms. The van der Waals surface area contributed by atoms with Crippen LogP contribution in [0.5, 0.6) is 0 Å². The summed E-state index contributed by atoms with van der Waals surface area (Å²) < 4.78 is 0. The van der Waals surface area contributed by atoms with Crippen LogP contribution < -0.4 is 5.32 Å². The fourth-order valence-corrected chi connectivity index (χ4v) is 2.83. The maximum atomic E-state index is 3.46. The maximum absolute atomic E-state index is 3.46. The van der Waals surface area contributed by atoms with E-state index >= 15 is 0 Å². The van der Waals surface area contributed by atoms with E-state index in [9.17, 15) is 0 Å². The minimum atomic E-state index is 0.950. The summed E-state index contributed by atoms with van der Waals surface area (Å²) in [5.74, 6) is 0. The van der Waals surface area contributed by atoms with Crippen LogP contribution in [0.15, 0.2) is 24.5 Å². The third-order valence-corrected chi connectivity index (χ3v) is 3.71. The van der Waals surface area contributed by atoms with Crippen molar-refractivity contribution in [2.24, 2.45) is 0 Å².